The molecule has 0 saturated heterocycles. The summed E-state index contributed by atoms with van der Waals surface area (Å²) in [7, 11) is 0. The van der Waals surface area contributed by atoms with Crippen molar-refractivity contribution in [1.29, 1.82) is 0 Å². The number of hydrogen-bond donors (Lipinski definition) is 3. The van der Waals surface area contributed by atoms with Crippen molar-refractivity contribution >= 4 is 11.9 Å². The number of nitrogens with one attached hydrogen (secondary N) is 1. The van der Waals surface area contributed by atoms with Crippen molar-refractivity contribution in [2.45, 2.75) is 315 Å². The zero-order valence-electron chi connectivity index (χ0n) is 42.3. The first-order valence-electron chi connectivity index (χ1n) is 28.1. The van der Waals surface area contributed by atoms with Crippen molar-refractivity contribution < 1.29 is 24.5 Å². The molecule has 0 heterocycles. The van der Waals surface area contributed by atoms with Gasteiger partial charge in [0, 0.05) is 12.8 Å². The Hall–Kier alpha value is -1.66. The Balaban J connectivity index is 3.47. The van der Waals surface area contributed by atoms with E-state index in [1.807, 2.05) is 0 Å². The van der Waals surface area contributed by atoms with Crippen molar-refractivity contribution in [2.75, 3.05) is 13.2 Å². The number of esters is 1. The predicted octanol–water partition coefficient (Wildman–Crippen LogP) is 17.1. The third-order valence-electron chi connectivity index (χ3n) is 13.0. The zero-order chi connectivity index (χ0) is 45.8. The first kappa shape index (κ1) is 61.3. The Morgan fingerprint density at radius 3 is 1.13 bits per heavy atom. The van der Waals surface area contributed by atoms with E-state index in [-0.39, 0.29) is 18.5 Å². The lowest BCUT2D eigenvalue weighted by Gasteiger charge is -2.22. The van der Waals surface area contributed by atoms with Gasteiger partial charge in [-0.3, -0.25) is 9.59 Å². The fourth-order valence-corrected chi connectivity index (χ4v) is 8.63. The quantitative estimate of drug-likeness (QED) is 0.0321. The summed E-state index contributed by atoms with van der Waals surface area (Å²) in [6, 6.07) is -0.553. The minimum atomic E-state index is -0.674. The fraction of sp³-hybridized carbons (Fsp3) is 0.895. The molecule has 372 valence electrons. The van der Waals surface area contributed by atoms with Gasteiger partial charge in [0.1, 0.15) is 0 Å². The summed E-state index contributed by atoms with van der Waals surface area (Å²) in [5.74, 6) is -0.0667. The fourth-order valence-electron chi connectivity index (χ4n) is 8.63. The molecule has 0 aromatic rings. The second-order valence-electron chi connectivity index (χ2n) is 19.3. The molecule has 0 fully saturated rings. The lowest BCUT2D eigenvalue weighted by atomic mass is 10.0. The second-order valence-corrected chi connectivity index (χ2v) is 19.3. The molecule has 1 amide bonds. The maximum atomic E-state index is 12.5. The van der Waals surface area contributed by atoms with Gasteiger partial charge in [0.05, 0.1) is 25.4 Å². The van der Waals surface area contributed by atoms with E-state index in [4.69, 9.17) is 4.74 Å². The van der Waals surface area contributed by atoms with Gasteiger partial charge >= 0.3 is 5.97 Å². The van der Waals surface area contributed by atoms with Crippen LogP contribution in [0.2, 0.25) is 0 Å². The van der Waals surface area contributed by atoms with E-state index in [0.717, 1.165) is 70.6 Å². The Morgan fingerprint density at radius 2 is 0.746 bits per heavy atom. The molecule has 0 aliphatic rings. The maximum absolute atomic E-state index is 12.5. The minimum Gasteiger partial charge on any atom is -0.466 e. The first-order chi connectivity index (χ1) is 31.0. The molecule has 0 saturated carbocycles. The van der Waals surface area contributed by atoms with Crippen LogP contribution in [0.25, 0.3) is 0 Å². The van der Waals surface area contributed by atoms with Crippen LogP contribution in [0.3, 0.4) is 0 Å². The Morgan fingerprint density at radius 1 is 0.429 bits per heavy atom. The minimum absolute atomic E-state index is 0.0172. The summed E-state index contributed by atoms with van der Waals surface area (Å²) < 4.78 is 5.46. The van der Waals surface area contributed by atoms with Gasteiger partial charge in [-0.2, -0.15) is 0 Å². The number of carbonyl (C=O) groups excluding carboxylic acids is 2. The lowest BCUT2D eigenvalue weighted by Crippen LogP contribution is -2.45. The lowest BCUT2D eigenvalue weighted by molar-refractivity contribution is -0.143. The molecule has 0 radical (unpaired) electrons. The molecule has 0 bridgehead atoms. The van der Waals surface area contributed by atoms with Crippen LogP contribution in [0.15, 0.2) is 24.3 Å². The monoisotopic (exact) mass is 888 g/mol. The van der Waals surface area contributed by atoms with Crippen LogP contribution >= 0.6 is 0 Å². The Bertz CT molecular complexity index is 982. The molecule has 0 aromatic carbocycles. The van der Waals surface area contributed by atoms with Crippen LogP contribution in [0.5, 0.6) is 0 Å². The highest BCUT2D eigenvalue weighted by atomic mass is 16.5. The number of rotatable bonds is 52. The number of hydrogen-bond acceptors (Lipinski definition) is 5. The van der Waals surface area contributed by atoms with Crippen molar-refractivity contribution in [2.24, 2.45) is 0 Å². The van der Waals surface area contributed by atoms with Crippen LogP contribution in [-0.2, 0) is 14.3 Å². The Kier molecular flexibility index (Phi) is 51.6. The van der Waals surface area contributed by atoms with Gasteiger partial charge in [0.15, 0.2) is 0 Å². The van der Waals surface area contributed by atoms with Gasteiger partial charge in [0.2, 0.25) is 5.91 Å². The molecule has 6 nitrogen and oxygen atoms in total. The van der Waals surface area contributed by atoms with Crippen LogP contribution in [-0.4, -0.2) is 47.4 Å². The summed E-state index contributed by atoms with van der Waals surface area (Å²) in [5, 5.41) is 23.2. The summed E-state index contributed by atoms with van der Waals surface area (Å²) >= 11 is 0. The number of ether oxygens (including phenoxy) is 1. The van der Waals surface area contributed by atoms with Crippen molar-refractivity contribution in [3.05, 3.63) is 24.3 Å². The number of carbonyl (C=O) groups is 2. The topological polar surface area (TPSA) is 95.9 Å². The van der Waals surface area contributed by atoms with E-state index in [2.05, 4.69) is 43.5 Å². The number of unbranched alkanes of at least 4 members (excludes halogenated alkanes) is 37. The molecule has 0 aromatic heterocycles. The van der Waals surface area contributed by atoms with Gasteiger partial charge in [0.25, 0.3) is 0 Å². The second kappa shape index (κ2) is 53.0. The normalized spacial score (nSPS) is 12.8. The molecule has 0 aliphatic heterocycles. The van der Waals surface area contributed by atoms with Gasteiger partial charge in [-0.1, -0.05) is 237 Å². The molecule has 63 heavy (non-hydrogen) atoms. The molecular weight excluding hydrogens is 779 g/mol. The standard InChI is InChI=1S/C57H109NO5/c1-3-5-7-9-11-13-15-17-19-23-27-31-35-39-43-47-51-57(62)63-52-48-44-40-36-32-28-24-20-22-26-30-34-38-42-46-50-56(61)58-54(53-59)55(60)49-45-41-37-33-29-25-21-18-16-14-12-10-8-6-4-2/h19,23-24,28,54-55,59-60H,3-18,20-22,25-27,29-53H2,1-2H3,(H,58,61)/b23-19-,28-24-. The highest BCUT2D eigenvalue weighted by Crippen LogP contribution is 2.16. The van der Waals surface area contributed by atoms with E-state index in [1.165, 1.54) is 199 Å². The number of aliphatic hydroxyl groups is 2. The molecule has 2 unspecified atom stereocenters. The molecule has 3 N–H and O–H groups in total. The van der Waals surface area contributed by atoms with Crippen LogP contribution in [0.4, 0.5) is 0 Å². The van der Waals surface area contributed by atoms with Crippen LogP contribution in [0.1, 0.15) is 303 Å². The predicted molar refractivity (Wildman–Crippen MR) is 273 cm³/mol. The van der Waals surface area contributed by atoms with E-state index in [0.29, 0.717) is 25.9 Å². The third-order valence-corrected chi connectivity index (χ3v) is 13.0. The van der Waals surface area contributed by atoms with E-state index >= 15 is 0 Å². The first-order valence-corrected chi connectivity index (χ1v) is 28.1. The highest BCUT2D eigenvalue weighted by Gasteiger charge is 2.20. The van der Waals surface area contributed by atoms with E-state index < -0.39 is 12.1 Å². The number of allylic oxidation sites excluding steroid dienone is 4. The van der Waals surface area contributed by atoms with Crippen LogP contribution < -0.4 is 5.32 Å². The van der Waals surface area contributed by atoms with Crippen molar-refractivity contribution in [3.63, 3.8) is 0 Å². The largest absolute Gasteiger partial charge is 0.466 e. The SMILES string of the molecule is CCCCCCCCC/C=C\CCCCCCCC(=O)OCCCCCC/C=C\CCCCCCCCCC(=O)NC(CO)C(O)CCCCCCCCCCCCCCCCC. The molecular formula is C57H109NO5. The summed E-state index contributed by atoms with van der Waals surface area (Å²) in [6.07, 6.45) is 63.0. The van der Waals surface area contributed by atoms with Crippen molar-refractivity contribution in [1.82, 2.24) is 5.32 Å². The number of amides is 1. The van der Waals surface area contributed by atoms with Gasteiger partial charge in [-0.05, 0) is 77.0 Å². The third kappa shape index (κ3) is 49.6. The van der Waals surface area contributed by atoms with Gasteiger partial charge in [-0.15, -0.1) is 0 Å². The smallest absolute Gasteiger partial charge is 0.305 e. The van der Waals surface area contributed by atoms with E-state index in [1.54, 1.807) is 0 Å². The molecule has 0 rings (SSSR count). The molecule has 0 aliphatic carbocycles. The Labute approximate surface area is 392 Å². The van der Waals surface area contributed by atoms with Crippen LogP contribution in [0, 0.1) is 0 Å². The molecule has 0 spiro atoms. The van der Waals surface area contributed by atoms with Gasteiger partial charge < -0.3 is 20.3 Å². The van der Waals surface area contributed by atoms with Gasteiger partial charge in [-0.25, -0.2) is 0 Å². The summed E-state index contributed by atoms with van der Waals surface area (Å²) in [4.78, 5) is 24.5. The average molecular weight is 889 g/mol. The summed E-state index contributed by atoms with van der Waals surface area (Å²) in [6.45, 7) is 4.92. The average Bonchev–Trinajstić information content (AvgIpc) is 3.28. The maximum Gasteiger partial charge on any atom is 0.305 e. The van der Waals surface area contributed by atoms with Crippen molar-refractivity contribution in [3.8, 4) is 0 Å². The summed E-state index contributed by atoms with van der Waals surface area (Å²) in [5.41, 5.74) is 0. The highest BCUT2D eigenvalue weighted by molar-refractivity contribution is 5.76. The van der Waals surface area contributed by atoms with E-state index in [9.17, 15) is 19.8 Å². The molecule has 6 heteroatoms. The molecule has 2 atom stereocenters. The number of aliphatic hydroxyl groups excluding tert-OH is 2. The zero-order valence-corrected chi connectivity index (χ0v) is 42.3.